The summed E-state index contributed by atoms with van der Waals surface area (Å²) in [4.78, 5) is 26.9. The predicted octanol–water partition coefficient (Wildman–Crippen LogP) is 4.99. The van der Waals surface area contributed by atoms with Gasteiger partial charge in [-0.25, -0.2) is 4.79 Å². The molecule has 5 nitrogen and oxygen atoms in total. The van der Waals surface area contributed by atoms with Crippen molar-refractivity contribution >= 4 is 23.3 Å². The van der Waals surface area contributed by atoms with Crippen LogP contribution in [-0.4, -0.2) is 25.5 Å². The van der Waals surface area contributed by atoms with E-state index in [2.05, 4.69) is 34.5 Å². The maximum Gasteiger partial charge on any atom is 0.337 e. The molecular weight excluding hydrogens is 388 g/mol. The number of nitrogens with zero attached hydrogens (tertiary/aromatic N) is 1. The second-order valence-corrected chi connectivity index (χ2v) is 7.83. The van der Waals surface area contributed by atoms with E-state index in [-0.39, 0.29) is 5.91 Å². The van der Waals surface area contributed by atoms with Gasteiger partial charge in [-0.1, -0.05) is 36.4 Å². The van der Waals surface area contributed by atoms with Crippen LogP contribution in [0.5, 0.6) is 0 Å². The Morgan fingerprint density at radius 2 is 1.74 bits per heavy atom. The number of nitrogens with one attached hydrogen (secondary N) is 1. The topological polar surface area (TPSA) is 58.6 Å². The first-order valence-electron chi connectivity index (χ1n) is 10.5. The summed E-state index contributed by atoms with van der Waals surface area (Å²) in [7, 11) is 1.34. The summed E-state index contributed by atoms with van der Waals surface area (Å²) in [6.45, 7) is 3.74. The molecule has 1 aliphatic heterocycles. The first-order chi connectivity index (χ1) is 15.0. The van der Waals surface area contributed by atoms with Gasteiger partial charge in [0.1, 0.15) is 0 Å². The highest BCUT2D eigenvalue weighted by Gasteiger charge is 2.17. The van der Waals surface area contributed by atoms with Crippen LogP contribution in [0.25, 0.3) is 0 Å². The summed E-state index contributed by atoms with van der Waals surface area (Å²) in [5, 5.41) is 2.90. The fourth-order valence-electron chi connectivity index (χ4n) is 3.95. The molecule has 3 aromatic rings. The van der Waals surface area contributed by atoms with Gasteiger partial charge in [-0.3, -0.25) is 4.79 Å². The minimum atomic E-state index is -0.431. The van der Waals surface area contributed by atoms with Gasteiger partial charge in [0.25, 0.3) is 5.91 Å². The zero-order chi connectivity index (χ0) is 21.8. The molecule has 4 rings (SSSR count). The molecule has 31 heavy (non-hydrogen) atoms. The molecule has 0 aliphatic carbocycles. The Hall–Kier alpha value is -3.60. The molecule has 0 atom stereocenters. The van der Waals surface area contributed by atoms with Gasteiger partial charge in [-0.05, 0) is 66.8 Å². The van der Waals surface area contributed by atoms with E-state index in [0.717, 1.165) is 37.1 Å². The van der Waals surface area contributed by atoms with Gasteiger partial charge >= 0.3 is 5.97 Å². The van der Waals surface area contributed by atoms with Crippen molar-refractivity contribution in [2.75, 3.05) is 23.9 Å². The fraction of sp³-hybridized carbons (Fsp3) is 0.231. The number of hydrogen-bond donors (Lipinski definition) is 1. The molecule has 0 fully saturated rings. The number of methoxy groups -OCH3 is 1. The van der Waals surface area contributed by atoms with E-state index < -0.39 is 5.97 Å². The molecule has 1 N–H and O–H groups in total. The highest BCUT2D eigenvalue weighted by molar-refractivity contribution is 6.05. The van der Waals surface area contributed by atoms with Crippen molar-refractivity contribution in [2.45, 2.75) is 26.3 Å². The lowest BCUT2D eigenvalue weighted by atomic mass is 10.0. The molecule has 1 amide bonds. The number of benzene rings is 3. The third-order valence-electron chi connectivity index (χ3n) is 5.70. The number of hydrogen-bond acceptors (Lipinski definition) is 4. The number of anilines is 2. The second kappa shape index (κ2) is 9.04. The summed E-state index contributed by atoms with van der Waals surface area (Å²) < 4.78 is 4.76. The lowest BCUT2D eigenvalue weighted by molar-refractivity contribution is 0.0600. The van der Waals surface area contributed by atoms with E-state index in [1.165, 1.54) is 18.4 Å². The summed E-state index contributed by atoms with van der Waals surface area (Å²) in [6, 6.07) is 21.4. The average Bonchev–Trinajstić information content (AvgIpc) is 2.80. The van der Waals surface area contributed by atoms with Gasteiger partial charge in [0.05, 0.1) is 12.7 Å². The van der Waals surface area contributed by atoms with E-state index >= 15 is 0 Å². The molecule has 0 aromatic heterocycles. The second-order valence-electron chi connectivity index (χ2n) is 7.83. The van der Waals surface area contributed by atoms with E-state index in [0.29, 0.717) is 16.8 Å². The zero-order valence-corrected chi connectivity index (χ0v) is 17.9. The molecule has 0 radical (unpaired) electrons. The van der Waals surface area contributed by atoms with Crippen LogP contribution in [0.3, 0.4) is 0 Å². The van der Waals surface area contributed by atoms with Crippen LogP contribution >= 0.6 is 0 Å². The van der Waals surface area contributed by atoms with Crippen molar-refractivity contribution in [1.82, 2.24) is 0 Å². The monoisotopic (exact) mass is 414 g/mol. The van der Waals surface area contributed by atoms with Crippen LogP contribution in [0, 0.1) is 6.92 Å². The fourth-order valence-corrected chi connectivity index (χ4v) is 3.95. The number of rotatable bonds is 5. The molecule has 158 valence electrons. The van der Waals surface area contributed by atoms with Crippen molar-refractivity contribution in [2.24, 2.45) is 0 Å². The van der Waals surface area contributed by atoms with Crippen LogP contribution in [-0.2, 0) is 17.7 Å². The number of fused-ring (bicyclic) bond motifs is 1. The Labute approximate surface area is 182 Å². The van der Waals surface area contributed by atoms with Gasteiger partial charge in [0.15, 0.2) is 0 Å². The Balaban J connectivity index is 1.45. The quantitative estimate of drug-likeness (QED) is 0.598. The van der Waals surface area contributed by atoms with E-state index in [1.807, 2.05) is 31.2 Å². The van der Waals surface area contributed by atoms with Gasteiger partial charge in [0.2, 0.25) is 0 Å². The Bertz CT molecular complexity index is 1110. The minimum absolute atomic E-state index is 0.208. The summed E-state index contributed by atoms with van der Waals surface area (Å²) >= 11 is 0. The molecule has 0 saturated heterocycles. The third kappa shape index (κ3) is 4.61. The van der Waals surface area contributed by atoms with E-state index in [4.69, 9.17) is 4.74 Å². The molecule has 1 heterocycles. The molecule has 0 unspecified atom stereocenters. The maximum atomic E-state index is 12.7. The first-order valence-corrected chi connectivity index (χ1v) is 10.5. The van der Waals surface area contributed by atoms with Crippen molar-refractivity contribution < 1.29 is 14.3 Å². The molecule has 1 aliphatic rings. The van der Waals surface area contributed by atoms with Crippen molar-refractivity contribution in [1.29, 1.82) is 0 Å². The highest BCUT2D eigenvalue weighted by atomic mass is 16.5. The number of aryl methyl sites for hydroxylation is 2. The third-order valence-corrected chi connectivity index (χ3v) is 5.70. The number of carbonyl (C=O) groups is 2. The maximum absolute atomic E-state index is 12.7. The van der Waals surface area contributed by atoms with Gasteiger partial charge in [-0.2, -0.15) is 0 Å². The molecule has 0 spiro atoms. The van der Waals surface area contributed by atoms with Gasteiger partial charge in [0, 0.05) is 30.0 Å². The van der Waals surface area contributed by atoms with Crippen LogP contribution in [0.1, 0.15) is 43.8 Å². The molecule has 0 bridgehead atoms. The lowest BCUT2D eigenvalue weighted by Gasteiger charge is -2.31. The van der Waals surface area contributed by atoms with E-state index in [1.54, 1.807) is 18.2 Å². The van der Waals surface area contributed by atoms with Crippen LogP contribution in [0.4, 0.5) is 11.4 Å². The number of esters is 1. The first kappa shape index (κ1) is 20.7. The van der Waals surface area contributed by atoms with E-state index in [9.17, 15) is 9.59 Å². The largest absolute Gasteiger partial charge is 0.465 e. The summed E-state index contributed by atoms with van der Waals surface area (Å²) in [5.41, 5.74) is 6.32. The number of amides is 1. The smallest absolute Gasteiger partial charge is 0.337 e. The number of ether oxygens (including phenoxy) is 1. The Morgan fingerprint density at radius 3 is 2.52 bits per heavy atom. The van der Waals surface area contributed by atoms with Crippen LogP contribution in [0.2, 0.25) is 0 Å². The standard InChI is InChI=1S/C26H26N2O3/c1-18-9-12-22(26(30)31-2)16-23(18)27-25(29)21-13-10-19(11-14-21)17-28-15-5-7-20-6-3-4-8-24(20)28/h3-4,6,8-14,16H,5,7,15,17H2,1-2H3,(H,27,29). The normalized spacial score (nSPS) is 12.8. The average molecular weight is 415 g/mol. The lowest BCUT2D eigenvalue weighted by Crippen LogP contribution is -2.28. The minimum Gasteiger partial charge on any atom is -0.465 e. The summed E-state index contributed by atoms with van der Waals surface area (Å²) in [6.07, 6.45) is 2.28. The number of carbonyl (C=O) groups excluding carboxylic acids is 2. The molecule has 5 heteroatoms. The molecule has 0 saturated carbocycles. The summed E-state index contributed by atoms with van der Waals surface area (Å²) in [5.74, 6) is -0.640. The highest BCUT2D eigenvalue weighted by Crippen LogP contribution is 2.28. The Morgan fingerprint density at radius 1 is 1.00 bits per heavy atom. The van der Waals surface area contributed by atoms with Gasteiger partial charge < -0.3 is 15.0 Å². The molecule has 3 aromatic carbocycles. The SMILES string of the molecule is COC(=O)c1ccc(C)c(NC(=O)c2ccc(CN3CCCc4ccccc43)cc2)c1. The van der Waals surface area contributed by atoms with Crippen molar-refractivity contribution in [3.63, 3.8) is 0 Å². The van der Waals surface area contributed by atoms with Crippen molar-refractivity contribution in [3.8, 4) is 0 Å². The Kier molecular flexibility index (Phi) is 6.03. The number of para-hydroxylation sites is 1. The van der Waals surface area contributed by atoms with Crippen LogP contribution < -0.4 is 10.2 Å². The zero-order valence-electron chi connectivity index (χ0n) is 17.9. The molecular formula is C26H26N2O3. The van der Waals surface area contributed by atoms with Gasteiger partial charge in [-0.15, -0.1) is 0 Å². The predicted molar refractivity (Wildman–Crippen MR) is 123 cm³/mol. The van der Waals surface area contributed by atoms with Crippen LogP contribution in [0.15, 0.2) is 66.7 Å². The van der Waals surface area contributed by atoms with Crippen molar-refractivity contribution in [3.05, 3.63) is 94.5 Å².